The van der Waals surface area contributed by atoms with Crippen molar-refractivity contribution >= 4 is 34.0 Å². The standard InChI is InChI=1S/C24H23N7O/c1-13-8-5-6-11-17(13)31-18(12-16-10-7-9-14(2)19(16)23(31)32)15(3)28-22-20(27-4)21(25)29-24(26)30-22/h5-12,15H,1-3H3,(H5,25,26,28,29,30)/t15-/m0/s1. The maximum atomic E-state index is 13.7. The first-order chi connectivity index (χ1) is 15.3. The van der Waals surface area contributed by atoms with Gasteiger partial charge in [0, 0.05) is 5.69 Å². The van der Waals surface area contributed by atoms with Crippen LogP contribution in [0.3, 0.4) is 0 Å². The fourth-order valence-corrected chi connectivity index (χ4v) is 3.92. The predicted octanol–water partition coefficient (Wildman–Crippen LogP) is 4.29. The van der Waals surface area contributed by atoms with Gasteiger partial charge in [0.05, 0.1) is 23.7 Å². The highest BCUT2D eigenvalue weighted by atomic mass is 16.1. The quantitative estimate of drug-likeness (QED) is 0.420. The molecule has 0 fully saturated rings. The number of pyridine rings is 1. The topological polar surface area (TPSA) is 116 Å². The third-order valence-electron chi connectivity index (χ3n) is 5.48. The molecule has 0 amide bonds. The van der Waals surface area contributed by atoms with Crippen molar-refractivity contribution in [2.75, 3.05) is 16.8 Å². The second kappa shape index (κ2) is 8.04. The Balaban J connectivity index is 1.97. The van der Waals surface area contributed by atoms with Gasteiger partial charge in [0.1, 0.15) is 11.6 Å². The highest BCUT2D eigenvalue weighted by Crippen LogP contribution is 2.33. The first kappa shape index (κ1) is 20.9. The molecular weight excluding hydrogens is 402 g/mol. The molecule has 0 spiro atoms. The van der Waals surface area contributed by atoms with E-state index in [4.69, 9.17) is 18.0 Å². The molecule has 8 heteroatoms. The normalized spacial score (nSPS) is 11.8. The van der Waals surface area contributed by atoms with Crippen molar-refractivity contribution in [1.82, 2.24) is 14.5 Å². The van der Waals surface area contributed by atoms with E-state index in [2.05, 4.69) is 20.1 Å². The molecule has 2 aromatic carbocycles. The van der Waals surface area contributed by atoms with Crippen molar-refractivity contribution in [2.24, 2.45) is 0 Å². The molecule has 2 heterocycles. The number of fused-ring (bicyclic) bond motifs is 1. The Hall–Kier alpha value is -4.38. The van der Waals surface area contributed by atoms with E-state index >= 15 is 0 Å². The molecule has 0 bridgehead atoms. The number of hydrogen-bond donors (Lipinski definition) is 3. The summed E-state index contributed by atoms with van der Waals surface area (Å²) in [6.45, 7) is 13.2. The number of aryl methyl sites for hydroxylation is 2. The molecule has 8 nitrogen and oxygen atoms in total. The second-order valence-corrected chi connectivity index (χ2v) is 7.68. The van der Waals surface area contributed by atoms with Gasteiger partial charge in [-0.15, -0.1) is 0 Å². The van der Waals surface area contributed by atoms with E-state index < -0.39 is 6.04 Å². The molecule has 4 aromatic rings. The molecule has 4 rings (SSSR count). The van der Waals surface area contributed by atoms with Gasteiger partial charge in [0.2, 0.25) is 5.95 Å². The zero-order valence-electron chi connectivity index (χ0n) is 18.0. The lowest BCUT2D eigenvalue weighted by atomic mass is 10.0. The Labute approximate surface area is 185 Å². The van der Waals surface area contributed by atoms with E-state index in [9.17, 15) is 4.79 Å². The monoisotopic (exact) mass is 425 g/mol. The maximum absolute atomic E-state index is 13.7. The zero-order valence-corrected chi connectivity index (χ0v) is 18.0. The summed E-state index contributed by atoms with van der Waals surface area (Å²) in [5, 5.41) is 4.72. The molecule has 5 N–H and O–H groups in total. The third kappa shape index (κ3) is 3.50. The molecule has 1 atom stereocenters. The second-order valence-electron chi connectivity index (χ2n) is 7.68. The number of nitrogens with one attached hydrogen (secondary N) is 1. The van der Waals surface area contributed by atoms with Gasteiger partial charge in [0.15, 0.2) is 0 Å². The van der Waals surface area contributed by atoms with Crippen LogP contribution in [0.4, 0.5) is 23.3 Å². The molecule has 0 aliphatic rings. The van der Waals surface area contributed by atoms with Gasteiger partial charge in [-0.25, -0.2) is 14.8 Å². The zero-order chi connectivity index (χ0) is 23.0. The molecule has 0 radical (unpaired) electrons. The fraction of sp³-hybridized carbons (Fsp3) is 0.167. The van der Waals surface area contributed by atoms with Crippen LogP contribution in [0, 0.1) is 20.4 Å². The van der Waals surface area contributed by atoms with E-state index in [1.165, 1.54) is 0 Å². The van der Waals surface area contributed by atoms with E-state index in [-0.39, 0.29) is 28.8 Å². The number of nitrogens with two attached hydrogens (primary N) is 2. The first-order valence-electron chi connectivity index (χ1n) is 10.1. The molecule has 0 aliphatic carbocycles. The number of hydrogen-bond acceptors (Lipinski definition) is 6. The Morgan fingerprint density at radius 3 is 2.50 bits per heavy atom. The summed E-state index contributed by atoms with van der Waals surface area (Å²) in [7, 11) is 0. The summed E-state index contributed by atoms with van der Waals surface area (Å²) >= 11 is 0. The number of anilines is 3. The lowest BCUT2D eigenvalue weighted by Crippen LogP contribution is -2.26. The molecule has 0 saturated heterocycles. The van der Waals surface area contributed by atoms with Crippen molar-refractivity contribution in [3.05, 3.63) is 87.1 Å². The minimum absolute atomic E-state index is 0.00707. The Bertz CT molecular complexity index is 1450. The van der Waals surface area contributed by atoms with E-state index in [1.54, 1.807) is 4.57 Å². The van der Waals surface area contributed by atoms with Gasteiger partial charge in [-0.05, 0) is 49.4 Å². The van der Waals surface area contributed by atoms with E-state index in [1.807, 2.05) is 69.3 Å². The maximum Gasteiger partial charge on any atom is 0.268 e. The molecule has 0 aliphatic heterocycles. The van der Waals surface area contributed by atoms with Gasteiger partial charge in [-0.3, -0.25) is 9.36 Å². The van der Waals surface area contributed by atoms with Crippen molar-refractivity contribution in [2.45, 2.75) is 26.8 Å². The first-order valence-corrected chi connectivity index (χ1v) is 10.1. The van der Waals surface area contributed by atoms with Crippen LogP contribution in [-0.4, -0.2) is 14.5 Å². The Morgan fingerprint density at radius 2 is 1.78 bits per heavy atom. The summed E-state index contributed by atoms with van der Waals surface area (Å²) < 4.78 is 1.72. The van der Waals surface area contributed by atoms with Gasteiger partial charge >= 0.3 is 0 Å². The van der Waals surface area contributed by atoms with Crippen LogP contribution in [-0.2, 0) is 0 Å². The van der Waals surface area contributed by atoms with E-state index in [0.717, 1.165) is 22.2 Å². The van der Waals surface area contributed by atoms with Crippen molar-refractivity contribution in [3.8, 4) is 5.69 Å². The minimum Gasteiger partial charge on any atom is -0.392 e. The smallest absolute Gasteiger partial charge is 0.268 e. The summed E-state index contributed by atoms with van der Waals surface area (Å²) in [6.07, 6.45) is 0. The summed E-state index contributed by atoms with van der Waals surface area (Å²) in [6, 6.07) is 15.1. The van der Waals surface area contributed by atoms with Crippen LogP contribution < -0.4 is 22.3 Å². The molecule has 160 valence electrons. The van der Waals surface area contributed by atoms with Gasteiger partial charge in [-0.2, -0.15) is 0 Å². The molecule has 0 saturated carbocycles. The lowest BCUT2D eigenvalue weighted by molar-refractivity contribution is 0.771. The molecular formula is C24H23N7O. The van der Waals surface area contributed by atoms with Gasteiger partial charge in [0.25, 0.3) is 11.2 Å². The number of para-hydroxylation sites is 1. The minimum atomic E-state index is -0.401. The summed E-state index contributed by atoms with van der Waals surface area (Å²) in [5.74, 6) is 0.202. The van der Waals surface area contributed by atoms with E-state index in [0.29, 0.717) is 11.1 Å². The largest absolute Gasteiger partial charge is 0.392 e. The van der Waals surface area contributed by atoms with Crippen molar-refractivity contribution < 1.29 is 0 Å². The number of rotatable bonds is 4. The van der Waals surface area contributed by atoms with Crippen molar-refractivity contribution in [3.63, 3.8) is 0 Å². The van der Waals surface area contributed by atoms with Crippen LogP contribution in [0.2, 0.25) is 0 Å². The van der Waals surface area contributed by atoms with Crippen LogP contribution in [0.5, 0.6) is 0 Å². The van der Waals surface area contributed by atoms with Gasteiger partial charge < -0.3 is 16.8 Å². The SMILES string of the molecule is [C-]#[N+]c1c(N)nc(N)nc1N[C@@H](C)c1cc2cccc(C)c2c(=O)n1-c1ccccc1C. The van der Waals surface area contributed by atoms with Crippen LogP contribution >= 0.6 is 0 Å². The highest BCUT2D eigenvalue weighted by Gasteiger charge is 2.20. The number of benzene rings is 2. The highest BCUT2D eigenvalue weighted by molar-refractivity contribution is 5.86. The lowest BCUT2D eigenvalue weighted by Gasteiger charge is -2.23. The van der Waals surface area contributed by atoms with Gasteiger partial charge in [-0.1, -0.05) is 36.4 Å². The third-order valence-corrected chi connectivity index (χ3v) is 5.48. The summed E-state index contributed by atoms with van der Waals surface area (Å²) in [4.78, 5) is 25.2. The molecule has 0 unspecified atom stereocenters. The van der Waals surface area contributed by atoms with Crippen molar-refractivity contribution in [1.29, 1.82) is 0 Å². The number of nitrogens with zero attached hydrogens (tertiary/aromatic N) is 4. The average Bonchev–Trinajstić information content (AvgIpc) is 2.74. The van der Waals surface area contributed by atoms with Crippen LogP contribution in [0.1, 0.15) is 29.8 Å². The Morgan fingerprint density at radius 1 is 1.06 bits per heavy atom. The predicted molar refractivity (Wildman–Crippen MR) is 128 cm³/mol. The molecule has 32 heavy (non-hydrogen) atoms. The summed E-state index contributed by atoms with van der Waals surface area (Å²) in [5.41, 5.74) is 15.0. The number of aromatic nitrogens is 3. The number of nitrogen functional groups attached to an aromatic ring is 2. The molecule has 2 aromatic heterocycles. The average molecular weight is 425 g/mol. The Kier molecular flexibility index (Phi) is 5.24. The van der Waals surface area contributed by atoms with Crippen LogP contribution in [0.15, 0.2) is 53.3 Å². The fourth-order valence-electron chi connectivity index (χ4n) is 3.92. The van der Waals surface area contributed by atoms with Crippen LogP contribution in [0.25, 0.3) is 21.3 Å².